The molecule has 1 aliphatic rings. The van der Waals surface area contributed by atoms with Gasteiger partial charge in [0.1, 0.15) is 11.4 Å². The Morgan fingerprint density at radius 3 is 2.90 bits per heavy atom. The third kappa shape index (κ3) is 2.84. The van der Waals surface area contributed by atoms with E-state index in [9.17, 15) is 9.90 Å². The Morgan fingerprint density at radius 1 is 1.45 bits per heavy atom. The number of benzene rings is 1. The molecule has 1 unspecified atom stereocenters. The highest BCUT2D eigenvalue weighted by Gasteiger charge is 2.33. The molecule has 6 nitrogen and oxygen atoms in total. The zero-order chi connectivity index (χ0) is 14.7. The number of nitrogens with zero attached hydrogens (tertiary/aromatic N) is 4. The van der Waals surface area contributed by atoms with Crippen LogP contribution >= 0.6 is 0 Å². The lowest BCUT2D eigenvalue weighted by Gasteiger charge is -2.05. The van der Waals surface area contributed by atoms with Crippen LogP contribution in [0.1, 0.15) is 25.3 Å². The maximum absolute atomic E-state index is 12.0. The van der Waals surface area contributed by atoms with E-state index in [1.165, 1.54) is 5.01 Å². The number of aryl methyl sites for hydroxylation is 1. The molecule has 1 N–H and O–H groups in total. The molecule has 0 saturated carbocycles. The van der Waals surface area contributed by atoms with Gasteiger partial charge in [-0.3, -0.25) is 4.79 Å². The third-order valence-electron chi connectivity index (χ3n) is 3.06. The summed E-state index contributed by atoms with van der Waals surface area (Å²) in [7, 11) is 1.61. The fraction of sp³-hybridized carbons (Fsp3) is 0.429. The van der Waals surface area contributed by atoms with E-state index < -0.39 is 6.04 Å². The van der Waals surface area contributed by atoms with Crippen molar-refractivity contribution in [3.63, 3.8) is 0 Å². The molecule has 106 valence electrons. The number of azo groups is 1. The molecule has 1 heterocycles. The topological polar surface area (TPSA) is 77.6 Å². The molecule has 1 amide bonds. The van der Waals surface area contributed by atoms with Crippen LogP contribution in [0.3, 0.4) is 0 Å². The first kappa shape index (κ1) is 14.2. The summed E-state index contributed by atoms with van der Waals surface area (Å²) >= 11 is 0. The molecule has 0 aromatic heterocycles. The average molecular weight is 274 g/mol. The van der Waals surface area contributed by atoms with Gasteiger partial charge in [0.2, 0.25) is 0 Å². The Bertz CT molecular complexity index is 581. The highest BCUT2D eigenvalue weighted by atomic mass is 16.3. The monoisotopic (exact) mass is 274 g/mol. The number of carbonyl (C=O) groups excluding carboxylic acids is 1. The van der Waals surface area contributed by atoms with Crippen molar-refractivity contribution in [1.29, 1.82) is 0 Å². The van der Waals surface area contributed by atoms with Gasteiger partial charge in [0.15, 0.2) is 6.04 Å². The minimum atomic E-state index is -0.667. The molecular weight excluding hydrogens is 256 g/mol. The Morgan fingerprint density at radius 2 is 2.20 bits per heavy atom. The van der Waals surface area contributed by atoms with Crippen molar-refractivity contribution in [2.75, 3.05) is 7.05 Å². The first-order valence-electron chi connectivity index (χ1n) is 6.58. The number of carbonyl (C=O) groups is 1. The summed E-state index contributed by atoms with van der Waals surface area (Å²) in [6.45, 7) is 3.92. The minimum absolute atomic E-state index is 0.0483. The number of aromatic hydroxyl groups is 1. The maximum atomic E-state index is 12.0. The second-order valence-corrected chi connectivity index (χ2v) is 4.81. The summed E-state index contributed by atoms with van der Waals surface area (Å²) in [6.07, 6.45) is 1.60. The average Bonchev–Trinajstić information content (AvgIpc) is 2.67. The number of phenolic OH excluding ortho intramolecular Hbond substituents is 1. The summed E-state index contributed by atoms with van der Waals surface area (Å²) in [5, 5.41) is 23.3. The van der Waals surface area contributed by atoms with E-state index in [0.717, 1.165) is 17.7 Å². The number of hydrazone groups is 1. The predicted octanol–water partition coefficient (Wildman–Crippen LogP) is 2.78. The van der Waals surface area contributed by atoms with Crippen LogP contribution < -0.4 is 0 Å². The van der Waals surface area contributed by atoms with Crippen molar-refractivity contribution in [3.8, 4) is 5.75 Å². The summed E-state index contributed by atoms with van der Waals surface area (Å²) in [5.41, 5.74) is 2.05. The largest absolute Gasteiger partial charge is 0.506 e. The number of amides is 1. The van der Waals surface area contributed by atoms with Crippen molar-refractivity contribution in [1.82, 2.24) is 5.01 Å². The Kier molecular flexibility index (Phi) is 4.12. The van der Waals surface area contributed by atoms with Gasteiger partial charge in [0.05, 0.1) is 5.71 Å². The number of hydrogen-bond acceptors (Lipinski definition) is 5. The van der Waals surface area contributed by atoms with Crippen LogP contribution in [0.4, 0.5) is 5.69 Å². The van der Waals surface area contributed by atoms with Gasteiger partial charge in [0.25, 0.3) is 5.91 Å². The molecule has 2 rings (SSSR count). The van der Waals surface area contributed by atoms with E-state index in [0.29, 0.717) is 12.1 Å². The lowest BCUT2D eigenvalue weighted by Crippen LogP contribution is -2.28. The standard InChI is InChI=1S/C14H18N4O2/c1-4-5-10-13(14(20)18(3)17-10)16-15-11-8-9(2)6-7-12(11)19/h6-8,13,19H,4-5H2,1-3H3. The lowest BCUT2D eigenvalue weighted by atomic mass is 10.1. The van der Waals surface area contributed by atoms with E-state index in [1.54, 1.807) is 25.2 Å². The molecule has 0 aliphatic carbocycles. The van der Waals surface area contributed by atoms with Crippen molar-refractivity contribution < 1.29 is 9.90 Å². The van der Waals surface area contributed by atoms with Crippen molar-refractivity contribution in [3.05, 3.63) is 23.8 Å². The normalized spacial score (nSPS) is 18.9. The molecule has 1 aromatic rings. The molecule has 0 saturated heterocycles. The first-order chi connectivity index (χ1) is 9.52. The minimum Gasteiger partial charge on any atom is -0.506 e. The van der Waals surface area contributed by atoms with Gasteiger partial charge in [0, 0.05) is 7.05 Å². The summed E-state index contributed by atoms with van der Waals surface area (Å²) in [4.78, 5) is 12.0. The molecule has 20 heavy (non-hydrogen) atoms. The molecule has 0 bridgehead atoms. The predicted molar refractivity (Wildman–Crippen MR) is 76.3 cm³/mol. The Hall–Kier alpha value is -2.24. The number of hydrogen-bond donors (Lipinski definition) is 1. The van der Waals surface area contributed by atoms with Crippen LogP contribution in [0, 0.1) is 6.92 Å². The maximum Gasteiger partial charge on any atom is 0.275 e. The van der Waals surface area contributed by atoms with Crippen LogP contribution in [-0.2, 0) is 4.79 Å². The van der Waals surface area contributed by atoms with Gasteiger partial charge in [-0.15, -0.1) is 0 Å². The number of rotatable bonds is 4. The smallest absolute Gasteiger partial charge is 0.275 e. The second-order valence-electron chi connectivity index (χ2n) is 4.81. The Labute approximate surface area is 117 Å². The molecule has 6 heteroatoms. The van der Waals surface area contributed by atoms with Crippen molar-refractivity contribution in [2.45, 2.75) is 32.7 Å². The van der Waals surface area contributed by atoms with E-state index in [2.05, 4.69) is 15.3 Å². The van der Waals surface area contributed by atoms with E-state index >= 15 is 0 Å². The van der Waals surface area contributed by atoms with Gasteiger partial charge < -0.3 is 5.11 Å². The molecule has 1 aromatic carbocycles. The van der Waals surface area contributed by atoms with Gasteiger partial charge in [-0.2, -0.15) is 15.3 Å². The Balaban J connectivity index is 2.23. The quantitative estimate of drug-likeness (QED) is 0.857. The van der Waals surface area contributed by atoms with Gasteiger partial charge in [-0.05, 0) is 31.0 Å². The van der Waals surface area contributed by atoms with E-state index in [4.69, 9.17) is 0 Å². The van der Waals surface area contributed by atoms with Crippen molar-refractivity contribution >= 4 is 17.3 Å². The molecular formula is C14H18N4O2. The third-order valence-corrected chi connectivity index (χ3v) is 3.06. The molecule has 1 atom stereocenters. The highest BCUT2D eigenvalue weighted by Crippen LogP contribution is 2.28. The van der Waals surface area contributed by atoms with Crippen LogP contribution in [0.2, 0.25) is 0 Å². The fourth-order valence-corrected chi connectivity index (χ4v) is 2.01. The zero-order valence-electron chi connectivity index (χ0n) is 11.9. The molecule has 0 radical (unpaired) electrons. The number of phenols is 1. The molecule has 0 fully saturated rings. The van der Waals surface area contributed by atoms with Gasteiger partial charge >= 0.3 is 0 Å². The summed E-state index contributed by atoms with van der Waals surface area (Å²) in [5.74, 6) is -0.142. The van der Waals surface area contributed by atoms with E-state index in [-0.39, 0.29) is 11.7 Å². The van der Waals surface area contributed by atoms with Crippen LogP contribution in [-0.4, -0.2) is 34.8 Å². The van der Waals surface area contributed by atoms with Crippen molar-refractivity contribution in [2.24, 2.45) is 15.3 Å². The zero-order valence-corrected chi connectivity index (χ0v) is 11.9. The second kappa shape index (κ2) is 5.81. The summed E-state index contributed by atoms with van der Waals surface area (Å²) < 4.78 is 0. The van der Waals surface area contributed by atoms with Crippen LogP contribution in [0.5, 0.6) is 5.75 Å². The SMILES string of the molecule is CCCC1=NN(C)C(=O)C1N=Nc1cc(C)ccc1O. The van der Waals surface area contributed by atoms with E-state index in [1.807, 2.05) is 13.8 Å². The molecule has 0 spiro atoms. The van der Waals surface area contributed by atoms with Gasteiger partial charge in [-0.25, -0.2) is 5.01 Å². The number of likely N-dealkylation sites (N-methyl/N-ethyl adjacent to an activating group) is 1. The molecule has 1 aliphatic heterocycles. The highest BCUT2D eigenvalue weighted by molar-refractivity contribution is 6.11. The van der Waals surface area contributed by atoms with Crippen LogP contribution in [0.25, 0.3) is 0 Å². The van der Waals surface area contributed by atoms with Crippen LogP contribution in [0.15, 0.2) is 33.5 Å². The summed E-state index contributed by atoms with van der Waals surface area (Å²) in [6, 6.07) is 4.40. The fourth-order valence-electron chi connectivity index (χ4n) is 2.01. The van der Waals surface area contributed by atoms with Gasteiger partial charge in [-0.1, -0.05) is 19.4 Å². The lowest BCUT2D eigenvalue weighted by molar-refractivity contribution is -0.128. The first-order valence-corrected chi connectivity index (χ1v) is 6.58.